The second kappa shape index (κ2) is 5.36. The van der Waals surface area contributed by atoms with Crippen molar-refractivity contribution in [3.05, 3.63) is 28.9 Å². The molecule has 0 aliphatic carbocycles. The lowest BCUT2D eigenvalue weighted by Crippen LogP contribution is -2.57. The zero-order valence-electron chi connectivity index (χ0n) is 13.7. The number of carbonyl (C=O) groups excluding carboxylic acids is 1. The number of amides is 2. The molecule has 0 saturated carbocycles. The number of nitrogens with zero attached hydrogens (tertiary/aromatic N) is 3. The van der Waals surface area contributed by atoms with E-state index in [1.54, 1.807) is 32.9 Å². The fraction of sp³-hybridized carbons (Fsp3) is 0.500. The molecular formula is C14H21N5O4. The van der Waals surface area contributed by atoms with Crippen molar-refractivity contribution in [3.8, 4) is 0 Å². The molecule has 0 spiro atoms. The lowest BCUT2D eigenvalue weighted by Gasteiger charge is -2.32. The first kappa shape index (κ1) is 17.0. The Kier molecular flexibility index (Phi) is 3.95. The third-order valence-electron chi connectivity index (χ3n) is 4.11. The van der Waals surface area contributed by atoms with Gasteiger partial charge in [-0.3, -0.25) is 0 Å². The fourth-order valence-electron chi connectivity index (χ4n) is 2.71. The minimum absolute atomic E-state index is 0.167. The van der Waals surface area contributed by atoms with Crippen LogP contribution >= 0.6 is 0 Å². The number of furan rings is 1. The van der Waals surface area contributed by atoms with Crippen LogP contribution in [0.25, 0.3) is 0 Å². The molecule has 1 unspecified atom stereocenters. The van der Waals surface area contributed by atoms with Gasteiger partial charge in [0.25, 0.3) is 11.4 Å². The number of carbonyl (C=O) groups is 1. The Bertz CT molecular complexity index is 706. The van der Waals surface area contributed by atoms with Crippen LogP contribution in [0.15, 0.2) is 21.7 Å². The first-order valence-electron chi connectivity index (χ1n) is 7.04. The van der Waals surface area contributed by atoms with Crippen molar-refractivity contribution >= 4 is 17.5 Å². The molecule has 9 nitrogen and oxygen atoms in total. The molecular weight excluding hydrogens is 302 g/mol. The van der Waals surface area contributed by atoms with Gasteiger partial charge in [-0.05, 0) is 39.8 Å². The second-order valence-electron chi connectivity index (χ2n) is 6.12. The monoisotopic (exact) mass is 323 g/mol. The van der Waals surface area contributed by atoms with E-state index in [9.17, 15) is 15.2 Å². The second-order valence-corrected chi connectivity index (χ2v) is 6.12. The molecule has 0 radical (unpaired) electrons. The number of hydrogen-bond donors (Lipinski definition) is 3. The zero-order valence-corrected chi connectivity index (χ0v) is 13.7. The van der Waals surface area contributed by atoms with Crippen LogP contribution in [0.1, 0.15) is 39.2 Å². The number of rotatable bonds is 3. The van der Waals surface area contributed by atoms with E-state index in [1.807, 2.05) is 0 Å². The Labute approximate surface area is 133 Å². The molecule has 2 heterocycles. The van der Waals surface area contributed by atoms with Crippen LogP contribution < -0.4 is 11.2 Å². The maximum absolute atomic E-state index is 12.9. The average Bonchev–Trinajstić information content (AvgIpc) is 2.92. The van der Waals surface area contributed by atoms with Gasteiger partial charge in [0, 0.05) is 6.92 Å². The van der Waals surface area contributed by atoms with Gasteiger partial charge in [0.1, 0.15) is 17.0 Å². The highest BCUT2D eigenvalue weighted by atomic mass is 16.6. The van der Waals surface area contributed by atoms with E-state index in [2.05, 4.69) is 10.5 Å². The third kappa shape index (κ3) is 2.47. The van der Waals surface area contributed by atoms with E-state index >= 15 is 0 Å². The van der Waals surface area contributed by atoms with Crippen molar-refractivity contribution in [3.63, 3.8) is 0 Å². The van der Waals surface area contributed by atoms with Crippen LogP contribution in [0.3, 0.4) is 0 Å². The Hall–Kier alpha value is -2.39. The number of aryl methyl sites for hydroxylation is 1. The topological polar surface area (TPSA) is 130 Å². The Balaban J connectivity index is 2.59. The molecule has 0 fully saturated rings. The van der Waals surface area contributed by atoms with Crippen LogP contribution in [0.5, 0.6) is 0 Å². The molecule has 4 N–H and O–H groups in total. The molecule has 1 aromatic rings. The summed E-state index contributed by atoms with van der Waals surface area (Å²) in [6.07, 6.45) is 0. The van der Waals surface area contributed by atoms with Gasteiger partial charge in [-0.15, -0.1) is 5.06 Å². The van der Waals surface area contributed by atoms with E-state index in [0.717, 1.165) is 5.06 Å². The first-order chi connectivity index (χ1) is 10.5. The molecule has 2 rings (SSSR count). The normalized spacial score (nSPS) is 25.0. The van der Waals surface area contributed by atoms with E-state index in [1.165, 1.54) is 13.8 Å². The molecule has 0 aromatic carbocycles. The highest BCUT2D eigenvalue weighted by Crippen LogP contribution is 2.36. The van der Waals surface area contributed by atoms with E-state index in [0.29, 0.717) is 16.3 Å². The molecule has 1 atom stereocenters. The smallest absolute Gasteiger partial charge is 0.332 e. The Morgan fingerprint density at radius 1 is 1.48 bits per heavy atom. The molecule has 0 saturated heterocycles. The highest BCUT2D eigenvalue weighted by Gasteiger charge is 2.62. The van der Waals surface area contributed by atoms with Crippen LogP contribution in [-0.2, 0) is 0 Å². The number of hydrogen-bond acceptors (Lipinski definition) is 6. The molecule has 0 bridgehead atoms. The maximum atomic E-state index is 12.9. The van der Waals surface area contributed by atoms with Crippen LogP contribution in [0.2, 0.25) is 0 Å². The van der Waals surface area contributed by atoms with Crippen molar-refractivity contribution in [2.75, 3.05) is 0 Å². The van der Waals surface area contributed by atoms with Gasteiger partial charge >= 0.3 is 6.03 Å². The molecule has 23 heavy (non-hydrogen) atoms. The molecule has 2 amide bonds. The molecule has 1 aromatic heterocycles. The number of urea groups is 1. The van der Waals surface area contributed by atoms with Crippen molar-refractivity contribution in [1.82, 2.24) is 10.5 Å². The summed E-state index contributed by atoms with van der Waals surface area (Å²) in [7, 11) is 0. The van der Waals surface area contributed by atoms with E-state index < -0.39 is 17.2 Å². The standard InChI is InChI=1S/C14H21N5O4/c1-8-6-7-10(23-8)11-13(3,4)19(22)14(5,18(11)21)9(2)16-17-12(15)20/h6-7,22H,1-5H3,(H3,15,17,20)/b16-9-. The zero-order chi connectivity index (χ0) is 17.6. The largest absolute Gasteiger partial charge is 0.622 e. The SMILES string of the molecule is C/C(=N/NC(N)=O)C1(C)N(O)C(C)(C)C(c2ccc(C)o2)=[N+]1[O-]. The number of hydrazone groups is 1. The predicted octanol–water partition coefficient (Wildman–Crippen LogP) is 1.13. The highest BCUT2D eigenvalue weighted by molar-refractivity contribution is 6.05. The van der Waals surface area contributed by atoms with Gasteiger partial charge < -0.3 is 20.6 Å². The number of nitrogens with two attached hydrogens (primary N) is 1. The summed E-state index contributed by atoms with van der Waals surface area (Å²) in [5.41, 5.74) is 4.90. The lowest BCUT2D eigenvalue weighted by molar-refractivity contribution is -0.560. The van der Waals surface area contributed by atoms with Crippen molar-refractivity contribution in [2.45, 2.75) is 45.8 Å². The van der Waals surface area contributed by atoms with Crippen molar-refractivity contribution in [2.24, 2.45) is 10.8 Å². The van der Waals surface area contributed by atoms with Gasteiger partial charge in [0.15, 0.2) is 5.76 Å². The van der Waals surface area contributed by atoms with Gasteiger partial charge in [-0.25, -0.2) is 10.2 Å². The summed E-state index contributed by atoms with van der Waals surface area (Å²) < 4.78 is 6.18. The van der Waals surface area contributed by atoms with Crippen molar-refractivity contribution < 1.29 is 19.2 Å². The predicted molar refractivity (Wildman–Crippen MR) is 83.1 cm³/mol. The van der Waals surface area contributed by atoms with Gasteiger partial charge in [0.05, 0.1) is 0 Å². The Morgan fingerprint density at radius 3 is 2.57 bits per heavy atom. The molecule has 9 heteroatoms. The number of primary amides is 1. The first-order valence-corrected chi connectivity index (χ1v) is 7.04. The minimum Gasteiger partial charge on any atom is -0.622 e. The third-order valence-corrected chi connectivity index (χ3v) is 4.11. The molecule has 126 valence electrons. The minimum atomic E-state index is -1.53. The Morgan fingerprint density at radius 2 is 2.09 bits per heavy atom. The van der Waals surface area contributed by atoms with Gasteiger partial charge in [-0.1, -0.05) is 0 Å². The maximum Gasteiger partial charge on any atom is 0.332 e. The summed E-state index contributed by atoms with van der Waals surface area (Å²) >= 11 is 0. The summed E-state index contributed by atoms with van der Waals surface area (Å²) in [6.45, 7) is 8.14. The van der Waals surface area contributed by atoms with Crippen LogP contribution in [0, 0.1) is 12.1 Å². The van der Waals surface area contributed by atoms with Crippen LogP contribution in [-0.4, -0.2) is 43.7 Å². The fourth-order valence-corrected chi connectivity index (χ4v) is 2.71. The van der Waals surface area contributed by atoms with Crippen molar-refractivity contribution in [1.29, 1.82) is 0 Å². The molecule has 1 aliphatic rings. The lowest BCUT2D eigenvalue weighted by atomic mass is 9.96. The number of nitrogens with one attached hydrogen (secondary N) is 1. The van der Waals surface area contributed by atoms with Crippen LogP contribution in [0.4, 0.5) is 4.79 Å². The van der Waals surface area contributed by atoms with Gasteiger partial charge in [0.2, 0.25) is 0 Å². The van der Waals surface area contributed by atoms with E-state index in [-0.39, 0.29) is 11.4 Å². The number of hydroxylamine groups is 3. The average molecular weight is 323 g/mol. The summed E-state index contributed by atoms with van der Waals surface area (Å²) in [4.78, 5) is 10.8. The summed E-state index contributed by atoms with van der Waals surface area (Å²) in [5.74, 6) is 1.01. The summed E-state index contributed by atoms with van der Waals surface area (Å²) in [6, 6.07) is 2.54. The quantitative estimate of drug-likeness (QED) is 0.332. The summed E-state index contributed by atoms with van der Waals surface area (Å²) in [5, 5.41) is 28.2. The van der Waals surface area contributed by atoms with Gasteiger partial charge in [-0.2, -0.15) is 9.84 Å². The van der Waals surface area contributed by atoms with E-state index in [4.69, 9.17) is 10.2 Å². The molecule has 1 aliphatic heterocycles.